The maximum atomic E-state index is 12.4. The number of amides is 1. The number of ether oxygens (including phenoxy) is 1. The first-order valence-corrected chi connectivity index (χ1v) is 7.68. The highest BCUT2D eigenvalue weighted by Crippen LogP contribution is 2.29. The van der Waals surface area contributed by atoms with Gasteiger partial charge in [0, 0.05) is 11.6 Å². The van der Waals surface area contributed by atoms with Crippen molar-refractivity contribution < 1.29 is 9.53 Å². The zero-order chi connectivity index (χ0) is 15.6. The van der Waals surface area contributed by atoms with Gasteiger partial charge in [0.25, 0.3) is 0 Å². The lowest BCUT2D eigenvalue weighted by atomic mass is 10.1. The van der Waals surface area contributed by atoms with Crippen LogP contribution < -0.4 is 5.32 Å². The van der Waals surface area contributed by atoms with Gasteiger partial charge in [0.2, 0.25) is 5.91 Å². The summed E-state index contributed by atoms with van der Waals surface area (Å²) in [6, 6.07) is 7.41. The van der Waals surface area contributed by atoms with E-state index in [-0.39, 0.29) is 23.7 Å². The fourth-order valence-corrected chi connectivity index (χ4v) is 2.94. The molecule has 116 valence electrons. The predicted octanol–water partition coefficient (Wildman–Crippen LogP) is 2.97. The Morgan fingerprint density at radius 2 is 2.14 bits per heavy atom. The molecule has 1 heterocycles. The molecule has 2 rings (SSSR count). The number of halogens is 1. The third-order valence-electron chi connectivity index (χ3n) is 3.62. The molecular formula is C16H23ClN2O2. The van der Waals surface area contributed by atoms with Crippen LogP contribution in [0.2, 0.25) is 5.02 Å². The van der Waals surface area contributed by atoms with Gasteiger partial charge in [0.15, 0.2) is 0 Å². The van der Waals surface area contributed by atoms with E-state index in [9.17, 15) is 4.79 Å². The molecule has 1 saturated heterocycles. The molecule has 0 aliphatic carbocycles. The van der Waals surface area contributed by atoms with E-state index in [0.29, 0.717) is 18.2 Å². The van der Waals surface area contributed by atoms with Crippen molar-refractivity contribution in [1.82, 2.24) is 10.2 Å². The van der Waals surface area contributed by atoms with Gasteiger partial charge in [-0.3, -0.25) is 10.1 Å². The molecule has 2 atom stereocenters. The lowest BCUT2D eigenvalue weighted by molar-refractivity contribution is -0.134. The van der Waals surface area contributed by atoms with Crippen LogP contribution in [0.5, 0.6) is 0 Å². The van der Waals surface area contributed by atoms with E-state index in [2.05, 4.69) is 5.32 Å². The smallest absolute Gasteiger partial charge is 0.241 e. The molecule has 1 amide bonds. The number of carbonyl (C=O) groups is 1. The van der Waals surface area contributed by atoms with Gasteiger partial charge in [-0.2, -0.15) is 0 Å². The summed E-state index contributed by atoms with van der Waals surface area (Å²) < 4.78 is 5.74. The quantitative estimate of drug-likeness (QED) is 0.909. The molecule has 1 aromatic rings. The number of carbonyl (C=O) groups excluding carboxylic acids is 1. The van der Waals surface area contributed by atoms with Crippen molar-refractivity contribution in [1.29, 1.82) is 0 Å². The van der Waals surface area contributed by atoms with Crippen molar-refractivity contribution in [3.05, 3.63) is 34.9 Å². The maximum Gasteiger partial charge on any atom is 0.241 e. The number of hydrogen-bond acceptors (Lipinski definition) is 3. The second-order valence-electron chi connectivity index (χ2n) is 6.00. The molecule has 1 aliphatic heterocycles. The highest BCUT2D eigenvalue weighted by Gasteiger charge is 2.40. The first-order valence-electron chi connectivity index (χ1n) is 7.30. The van der Waals surface area contributed by atoms with Crippen molar-refractivity contribution in [2.24, 2.45) is 0 Å². The summed E-state index contributed by atoms with van der Waals surface area (Å²) in [5.41, 5.74) is 0.611. The SMILES string of the molecule is CCOC(C)(C)CN1C(=O)C(C)NC1c1cccc(Cl)c1. The zero-order valence-corrected chi connectivity index (χ0v) is 13.8. The van der Waals surface area contributed by atoms with Crippen LogP contribution in [0.1, 0.15) is 39.4 Å². The number of rotatable bonds is 5. The summed E-state index contributed by atoms with van der Waals surface area (Å²) in [6.45, 7) is 9.01. The molecule has 0 radical (unpaired) electrons. The lowest BCUT2D eigenvalue weighted by Gasteiger charge is -2.33. The Labute approximate surface area is 131 Å². The molecule has 1 N–H and O–H groups in total. The molecule has 0 bridgehead atoms. The normalized spacial score (nSPS) is 22.9. The average Bonchev–Trinajstić information content (AvgIpc) is 2.66. The Morgan fingerprint density at radius 1 is 1.43 bits per heavy atom. The minimum atomic E-state index is -0.382. The Balaban J connectivity index is 2.25. The topological polar surface area (TPSA) is 41.6 Å². The van der Waals surface area contributed by atoms with Crippen molar-refractivity contribution >= 4 is 17.5 Å². The van der Waals surface area contributed by atoms with Gasteiger partial charge >= 0.3 is 0 Å². The zero-order valence-electron chi connectivity index (χ0n) is 13.0. The second-order valence-corrected chi connectivity index (χ2v) is 6.44. The Kier molecular flexibility index (Phi) is 4.91. The fraction of sp³-hybridized carbons (Fsp3) is 0.562. The van der Waals surface area contributed by atoms with E-state index in [0.717, 1.165) is 5.56 Å². The largest absolute Gasteiger partial charge is 0.374 e. The molecule has 0 aromatic heterocycles. The van der Waals surface area contributed by atoms with E-state index in [4.69, 9.17) is 16.3 Å². The molecule has 2 unspecified atom stereocenters. The van der Waals surface area contributed by atoms with Crippen LogP contribution in [0, 0.1) is 0 Å². The van der Waals surface area contributed by atoms with Crippen molar-refractivity contribution in [3.63, 3.8) is 0 Å². The van der Waals surface area contributed by atoms with Gasteiger partial charge in [-0.25, -0.2) is 0 Å². The van der Waals surface area contributed by atoms with Gasteiger partial charge < -0.3 is 9.64 Å². The Hall–Kier alpha value is -1.10. The Bertz CT molecular complexity index is 519. The van der Waals surface area contributed by atoms with E-state index in [1.807, 2.05) is 56.9 Å². The molecule has 1 fully saturated rings. The molecule has 1 aromatic carbocycles. The first kappa shape index (κ1) is 16.3. The molecule has 21 heavy (non-hydrogen) atoms. The van der Waals surface area contributed by atoms with E-state index >= 15 is 0 Å². The molecule has 0 saturated carbocycles. The van der Waals surface area contributed by atoms with Crippen LogP contribution in [-0.2, 0) is 9.53 Å². The summed E-state index contributed by atoms with van der Waals surface area (Å²) >= 11 is 6.07. The number of hydrogen-bond donors (Lipinski definition) is 1. The first-order chi connectivity index (χ1) is 9.84. The molecule has 0 spiro atoms. The van der Waals surface area contributed by atoms with E-state index in [1.165, 1.54) is 0 Å². The third kappa shape index (κ3) is 3.76. The fourth-order valence-electron chi connectivity index (χ4n) is 2.74. The number of benzene rings is 1. The summed E-state index contributed by atoms with van der Waals surface area (Å²) in [6.07, 6.45) is -0.161. The van der Waals surface area contributed by atoms with Crippen molar-refractivity contribution in [2.45, 2.75) is 45.5 Å². The minimum Gasteiger partial charge on any atom is -0.374 e. The van der Waals surface area contributed by atoms with Gasteiger partial charge in [0.1, 0.15) is 6.17 Å². The van der Waals surface area contributed by atoms with Gasteiger partial charge in [0.05, 0.1) is 18.2 Å². The minimum absolute atomic E-state index is 0.0905. The summed E-state index contributed by atoms with van der Waals surface area (Å²) in [5, 5.41) is 4.00. The molecule has 5 heteroatoms. The highest BCUT2D eigenvalue weighted by molar-refractivity contribution is 6.30. The van der Waals surface area contributed by atoms with Crippen LogP contribution in [0.25, 0.3) is 0 Å². The Morgan fingerprint density at radius 3 is 2.76 bits per heavy atom. The number of nitrogens with zero attached hydrogens (tertiary/aromatic N) is 1. The predicted molar refractivity (Wildman–Crippen MR) is 84.2 cm³/mol. The second kappa shape index (κ2) is 6.34. The lowest BCUT2D eigenvalue weighted by Crippen LogP contribution is -2.43. The highest BCUT2D eigenvalue weighted by atomic mass is 35.5. The third-order valence-corrected chi connectivity index (χ3v) is 3.86. The summed E-state index contributed by atoms with van der Waals surface area (Å²) in [4.78, 5) is 14.3. The average molecular weight is 311 g/mol. The van der Waals surface area contributed by atoms with Gasteiger partial charge in [-0.15, -0.1) is 0 Å². The van der Waals surface area contributed by atoms with Crippen molar-refractivity contribution in [2.75, 3.05) is 13.2 Å². The van der Waals surface area contributed by atoms with E-state index < -0.39 is 0 Å². The van der Waals surface area contributed by atoms with Crippen LogP contribution in [0.3, 0.4) is 0 Å². The molecule has 1 aliphatic rings. The monoisotopic (exact) mass is 310 g/mol. The molecular weight excluding hydrogens is 288 g/mol. The standard InChI is InChI=1S/C16H23ClN2O2/c1-5-21-16(3,4)10-19-14(18-11(2)15(19)20)12-7-6-8-13(17)9-12/h6-9,11,14,18H,5,10H2,1-4H3. The molecule has 4 nitrogen and oxygen atoms in total. The summed E-state index contributed by atoms with van der Waals surface area (Å²) in [5.74, 6) is 0.0905. The van der Waals surface area contributed by atoms with E-state index in [1.54, 1.807) is 0 Å². The maximum absolute atomic E-state index is 12.4. The van der Waals surface area contributed by atoms with Crippen LogP contribution in [0.4, 0.5) is 0 Å². The van der Waals surface area contributed by atoms with Crippen LogP contribution >= 0.6 is 11.6 Å². The van der Waals surface area contributed by atoms with Crippen molar-refractivity contribution in [3.8, 4) is 0 Å². The van der Waals surface area contributed by atoms with Crippen LogP contribution in [-0.4, -0.2) is 35.6 Å². The van der Waals surface area contributed by atoms with Gasteiger partial charge in [-0.05, 0) is 45.4 Å². The number of nitrogens with one attached hydrogen (secondary N) is 1. The van der Waals surface area contributed by atoms with Crippen LogP contribution in [0.15, 0.2) is 24.3 Å². The summed E-state index contributed by atoms with van der Waals surface area (Å²) in [7, 11) is 0. The van der Waals surface area contributed by atoms with Gasteiger partial charge in [-0.1, -0.05) is 23.7 Å².